The van der Waals surface area contributed by atoms with Crippen molar-refractivity contribution in [1.82, 2.24) is 14.7 Å². The third-order valence-corrected chi connectivity index (χ3v) is 7.76. The molecule has 8 heteroatoms. The summed E-state index contributed by atoms with van der Waals surface area (Å²) in [5.41, 5.74) is 3.40. The van der Waals surface area contributed by atoms with E-state index in [0.29, 0.717) is 43.5 Å². The highest BCUT2D eigenvalue weighted by atomic mass is 16.5. The van der Waals surface area contributed by atoms with Crippen molar-refractivity contribution in [3.8, 4) is 5.75 Å². The Labute approximate surface area is 236 Å². The van der Waals surface area contributed by atoms with E-state index < -0.39 is 0 Å². The van der Waals surface area contributed by atoms with E-state index in [0.717, 1.165) is 37.2 Å². The van der Waals surface area contributed by atoms with E-state index in [9.17, 15) is 9.59 Å². The average molecular weight is 546 g/mol. The summed E-state index contributed by atoms with van der Waals surface area (Å²) in [6.45, 7) is 9.36. The van der Waals surface area contributed by atoms with Crippen molar-refractivity contribution >= 4 is 11.8 Å². The second-order valence-electron chi connectivity index (χ2n) is 10.8. The van der Waals surface area contributed by atoms with Gasteiger partial charge in [-0.15, -0.1) is 0 Å². The molecule has 2 aromatic carbocycles. The van der Waals surface area contributed by atoms with Gasteiger partial charge >= 0.3 is 0 Å². The van der Waals surface area contributed by atoms with E-state index in [4.69, 9.17) is 13.9 Å². The molecule has 3 aromatic rings. The number of furan rings is 1. The van der Waals surface area contributed by atoms with Crippen molar-refractivity contribution in [2.24, 2.45) is 5.92 Å². The maximum atomic E-state index is 13.2. The smallest absolute Gasteiger partial charge is 0.289 e. The van der Waals surface area contributed by atoms with Gasteiger partial charge in [0.25, 0.3) is 5.91 Å². The first-order valence-electron chi connectivity index (χ1n) is 14.1. The van der Waals surface area contributed by atoms with Crippen molar-refractivity contribution in [2.75, 3.05) is 53.0 Å². The van der Waals surface area contributed by atoms with E-state index in [2.05, 4.69) is 23.1 Å². The van der Waals surface area contributed by atoms with Gasteiger partial charge in [0, 0.05) is 52.3 Å². The Balaban J connectivity index is 1.26. The van der Waals surface area contributed by atoms with Gasteiger partial charge in [0.2, 0.25) is 5.91 Å². The van der Waals surface area contributed by atoms with Gasteiger partial charge < -0.3 is 23.7 Å². The fraction of sp³-hybridized carbons (Fsp3) is 0.438. The van der Waals surface area contributed by atoms with E-state index in [1.165, 1.54) is 5.56 Å². The summed E-state index contributed by atoms with van der Waals surface area (Å²) in [6, 6.07) is 19.7. The predicted molar refractivity (Wildman–Crippen MR) is 152 cm³/mol. The summed E-state index contributed by atoms with van der Waals surface area (Å²) < 4.78 is 17.2. The Morgan fingerprint density at radius 2 is 1.75 bits per heavy atom. The molecule has 0 spiro atoms. The maximum Gasteiger partial charge on any atom is 0.289 e. The minimum absolute atomic E-state index is 0.0809. The molecule has 40 heavy (non-hydrogen) atoms. The third kappa shape index (κ3) is 6.24. The van der Waals surface area contributed by atoms with Crippen LogP contribution in [0.3, 0.4) is 0 Å². The molecule has 0 aliphatic carbocycles. The van der Waals surface area contributed by atoms with Crippen molar-refractivity contribution in [3.05, 3.63) is 88.9 Å². The summed E-state index contributed by atoms with van der Waals surface area (Å²) in [5.74, 6) is 1.61. The molecule has 0 bridgehead atoms. The lowest BCUT2D eigenvalue weighted by Gasteiger charge is -2.39. The molecule has 0 saturated carbocycles. The standard InChI is InChI=1S/C32H39N3O5/c1-23(2)31(36)35-14-13-24-9-10-26(21-28(24)30(35)25-7-5-4-6-8-25)39-22-27-11-12-29(40-27)32(37)34-17-15-33(16-18-34)19-20-38-3/h4-12,21,23,30H,13-20,22H2,1-3H3. The lowest BCUT2D eigenvalue weighted by Crippen LogP contribution is -2.49. The zero-order chi connectivity index (χ0) is 28.1. The quantitative estimate of drug-likeness (QED) is 0.397. The van der Waals surface area contributed by atoms with Crippen molar-refractivity contribution < 1.29 is 23.5 Å². The summed E-state index contributed by atoms with van der Waals surface area (Å²) in [7, 11) is 1.70. The highest BCUT2D eigenvalue weighted by Crippen LogP contribution is 2.38. The molecule has 2 aliphatic rings. The number of fused-ring (bicyclic) bond motifs is 1. The zero-order valence-electron chi connectivity index (χ0n) is 23.7. The van der Waals surface area contributed by atoms with Gasteiger partial charge in [-0.25, -0.2) is 0 Å². The SMILES string of the molecule is COCCN1CCN(C(=O)c2ccc(COc3ccc4c(c3)C(c3ccccc3)N(C(=O)C(C)C)CC4)o2)CC1. The molecule has 3 heterocycles. The lowest BCUT2D eigenvalue weighted by molar-refractivity contribution is -0.136. The topological polar surface area (TPSA) is 75.5 Å². The van der Waals surface area contributed by atoms with Crippen molar-refractivity contribution in [3.63, 3.8) is 0 Å². The van der Waals surface area contributed by atoms with Crippen LogP contribution in [0.4, 0.5) is 0 Å². The van der Waals surface area contributed by atoms with Crippen molar-refractivity contribution in [2.45, 2.75) is 32.9 Å². The third-order valence-electron chi connectivity index (χ3n) is 7.76. The highest BCUT2D eigenvalue weighted by Gasteiger charge is 2.33. The first-order chi connectivity index (χ1) is 19.4. The van der Waals surface area contributed by atoms with Crippen LogP contribution in [0.2, 0.25) is 0 Å². The summed E-state index contributed by atoms with van der Waals surface area (Å²) in [4.78, 5) is 32.3. The second-order valence-corrected chi connectivity index (χ2v) is 10.8. The minimum atomic E-state index is -0.161. The van der Waals surface area contributed by atoms with E-state index in [-0.39, 0.29) is 30.4 Å². The van der Waals surface area contributed by atoms with E-state index >= 15 is 0 Å². The molecule has 2 aliphatic heterocycles. The second kappa shape index (κ2) is 12.7. The molecule has 0 radical (unpaired) electrons. The summed E-state index contributed by atoms with van der Waals surface area (Å²) in [5, 5.41) is 0. The first kappa shape index (κ1) is 27.9. The van der Waals surface area contributed by atoms with Crippen LogP contribution in [-0.4, -0.2) is 79.5 Å². The molecule has 1 saturated heterocycles. The van der Waals surface area contributed by atoms with Crippen LogP contribution in [0.15, 0.2) is 65.1 Å². The number of methoxy groups -OCH3 is 1. The highest BCUT2D eigenvalue weighted by molar-refractivity contribution is 5.91. The normalized spacial score (nSPS) is 17.6. The number of hydrogen-bond acceptors (Lipinski definition) is 6. The van der Waals surface area contributed by atoms with Gasteiger partial charge in [-0.05, 0) is 47.4 Å². The largest absolute Gasteiger partial charge is 0.486 e. The number of piperazine rings is 1. The van der Waals surface area contributed by atoms with Gasteiger partial charge in [-0.1, -0.05) is 50.2 Å². The van der Waals surface area contributed by atoms with Crippen LogP contribution in [0.1, 0.15) is 52.9 Å². The van der Waals surface area contributed by atoms with Crippen LogP contribution >= 0.6 is 0 Å². The van der Waals surface area contributed by atoms with Gasteiger partial charge in [0.1, 0.15) is 18.1 Å². The van der Waals surface area contributed by atoms with E-state index in [1.807, 2.05) is 54.0 Å². The molecule has 8 nitrogen and oxygen atoms in total. The molecule has 1 aromatic heterocycles. The van der Waals surface area contributed by atoms with Crippen LogP contribution in [0, 0.1) is 5.92 Å². The van der Waals surface area contributed by atoms with Crippen LogP contribution < -0.4 is 4.74 Å². The first-order valence-corrected chi connectivity index (χ1v) is 14.1. The average Bonchev–Trinajstić information content (AvgIpc) is 3.47. The van der Waals surface area contributed by atoms with Crippen molar-refractivity contribution in [1.29, 1.82) is 0 Å². The molecule has 1 fully saturated rings. The lowest BCUT2D eigenvalue weighted by atomic mass is 9.87. The Hall–Kier alpha value is -3.62. The Kier molecular flexibility index (Phi) is 8.87. The number of carbonyl (C=O) groups excluding carboxylic acids is 2. The predicted octanol–water partition coefficient (Wildman–Crippen LogP) is 4.39. The maximum absolute atomic E-state index is 13.2. The molecule has 0 N–H and O–H groups in total. The molecule has 1 unspecified atom stereocenters. The molecule has 2 amide bonds. The summed E-state index contributed by atoms with van der Waals surface area (Å²) in [6.07, 6.45) is 0.807. The van der Waals surface area contributed by atoms with Crippen LogP contribution in [0.25, 0.3) is 0 Å². The Morgan fingerprint density at radius 3 is 2.48 bits per heavy atom. The number of ether oxygens (including phenoxy) is 2. The molecule has 5 rings (SSSR count). The minimum Gasteiger partial charge on any atom is -0.486 e. The Bertz CT molecular complexity index is 1300. The molecular formula is C32H39N3O5. The van der Waals surface area contributed by atoms with E-state index in [1.54, 1.807) is 19.2 Å². The zero-order valence-corrected chi connectivity index (χ0v) is 23.7. The molecular weight excluding hydrogens is 506 g/mol. The summed E-state index contributed by atoms with van der Waals surface area (Å²) >= 11 is 0. The fourth-order valence-corrected chi connectivity index (χ4v) is 5.52. The van der Waals surface area contributed by atoms with Crippen LogP contribution in [-0.2, 0) is 22.6 Å². The number of benzene rings is 2. The van der Waals surface area contributed by atoms with Crippen LogP contribution in [0.5, 0.6) is 5.75 Å². The monoisotopic (exact) mass is 545 g/mol. The number of nitrogens with zero attached hydrogens (tertiary/aromatic N) is 3. The fourth-order valence-electron chi connectivity index (χ4n) is 5.52. The molecule has 212 valence electrons. The number of amides is 2. The van der Waals surface area contributed by atoms with Gasteiger partial charge in [0.05, 0.1) is 12.6 Å². The number of hydrogen-bond donors (Lipinski definition) is 0. The van der Waals surface area contributed by atoms with Gasteiger partial charge in [0.15, 0.2) is 5.76 Å². The van der Waals surface area contributed by atoms with Gasteiger partial charge in [-0.2, -0.15) is 0 Å². The molecule has 1 atom stereocenters. The number of rotatable bonds is 9. The Morgan fingerprint density at radius 1 is 0.975 bits per heavy atom. The van der Waals surface area contributed by atoms with Gasteiger partial charge in [-0.3, -0.25) is 14.5 Å². The number of carbonyl (C=O) groups is 2.